The highest BCUT2D eigenvalue weighted by atomic mass is 16.2. The maximum absolute atomic E-state index is 10.6. The van der Waals surface area contributed by atoms with Crippen LogP contribution in [0.25, 0.3) is 0 Å². The molecule has 4 heteroatoms. The van der Waals surface area contributed by atoms with Crippen molar-refractivity contribution in [3.8, 4) is 0 Å². The molecule has 0 aromatic carbocycles. The number of carbonyl (C=O) groups is 2. The van der Waals surface area contributed by atoms with Crippen LogP contribution in [-0.2, 0) is 9.59 Å². The minimum Gasteiger partial charge on any atom is -0.298 e. The van der Waals surface area contributed by atoms with E-state index in [4.69, 9.17) is 0 Å². The number of Topliss-reactive ketones (excluding diaryl/α,β-unsaturated/α-hetero) is 1. The van der Waals surface area contributed by atoms with Crippen LogP contribution in [0.1, 0.15) is 12.8 Å². The molecule has 0 unspecified atom stereocenters. The number of hydrazine groups is 1. The van der Waals surface area contributed by atoms with Gasteiger partial charge in [0.15, 0.2) is 0 Å². The fraction of sp³-hybridized carbons (Fsp3) is 0.600. The molecule has 1 amide bonds. The lowest BCUT2D eigenvalue weighted by Gasteiger charge is -1.96. The van der Waals surface area contributed by atoms with Gasteiger partial charge >= 0.3 is 0 Å². The largest absolute Gasteiger partial charge is 0.298 e. The molecule has 0 radical (unpaired) electrons. The Bertz CT molecular complexity index is 128. The molecule has 0 atom stereocenters. The number of amides is 1. The van der Waals surface area contributed by atoms with Crippen LogP contribution in [0.2, 0.25) is 0 Å². The number of hydrogen-bond acceptors (Lipinski definition) is 3. The summed E-state index contributed by atoms with van der Waals surface area (Å²) in [7, 11) is 0. The molecular formula is C5H8N2O2. The number of nitrogens with one attached hydrogen (secondary N) is 2. The van der Waals surface area contributed by atoms with Gasteiger partial charge in [0.05, 0.1) is 6.54 Å². The molecular weight excluding hydrogens is 120 g/mol. The molecule has 0 aliphatic carbocycles. The van der Waals surface area contributed by atoms with E-state index in [1.54, 1.807) is 0 Å². The summed E-state index contributed by atoms with van der Waals surface area (Å²) in [6.07, 6.45) is 0.671. The first-order valence-corrected chi connectivity index (χ1v) is 2.82. The number of rotatable bonds is 0. The van der Waals surface area contributed by atoms with Gasteiger partial charge in [0.25, 0.3) is 0 Å². The Morgan fingerprint density at radius 2 is 2.00 bits per heavy atom. The molecule has 1 heterocycles. The zero-order valence-electron chi connectivity index (χ0n) is 4.94. The molecule has 1 saturated heterocycles. The summed E-state index contributed by atoms with van der Waals surface area (Å²) in [5, 5.41) is 0. The van der Waals surface area contributed by atoms with E-state index in [2.05, 4.69) is 10.9 Å². The van der Waals surface area contributed by atoms with Crippen molar-refractivity contribution in [1.82, 2.24) is 10.9 Å². The summed E-state index contributed by atoms with van der Waals surface area (Å²) >= 11 is 0. The van der Waals surface area contributed by atoms with Gasteiger partial charge in [-0.25, -0.2) is 5.43 Å². The average molecular weight is 128 g/mol. The second kappa shape index (κ2) is 2.59. The Labute approximate surface area is 52.6 Å². The molecule has 0 bridgehead atoms. The normalized spacial score (nSPS) is 20.9. The van der Waals surface area contributed by atoms with Crippen molar-refractivity contribution in [1.29, 1.82) is 0 Å². The van der Waals surface area contributed by atoms with Crippen LogP contribution in [0.4, 0.5) is 0 Å². The first kappa shape index (κ1) is 6.22. The van der Waals surface area contributed by atoms with Gasteiger partial charge < -0.3 is 0 Å². The fourth-order valence-corrected chi connectivity index (χ4v) is 0.645. The van der Waals surface area contributed by atoms with E-state index in [0.29, 0.717) is 12.8 Å². The lowest BCUT2D eigenvalue weighted by Crippen LogP contribution is -2.36. The lowest BCUT2D eigenvalue weighted by molar-refractivity contribution is -0.123. The first-order valence-electron chi connectivity index (χ1n) is 2.82. The van der Waals surface area contributed by atoms with Crippen LogP contribution in [-0.4, -0.2) is 18.2 Å². The van der Waals surface area contributed by atoms with E-state index in [1.807, 2.05) is 0 Å². The topological polar surface area (TPSA) is 58.2 Å². The highest BCUT2D eigenvalue weighted by Crippen LogP contribution is 1.91. The van der Waals surface area contributed by atoms with Gasteiger partial charge in [0.1, 0.15) is 5.78 Å². The fourth-order valence-electron chi connectivity index (χ4n) is 0.645. The van der Waals surface area contributed by atoms with Crippen molar-refractivity contribution in [2.75, 3.05) is 6.54 Å². The van der Waals surface area contributed by atoms with Crippen molar-refractivity contribution in [3.05, 3.63) is 0 Å². The molecule has 0 saturated carbocycles. The van der Waals surface area contributed by atoms with Gasteiger partial charge in [-0.3, -0.25) is 15.0 Å². The van der Waals surface area contributed by atoms with Crippen molar-refractivity contribution in [2.45, 2.75) is 12.8 Å². The Morgan fingerprint density at radius 3 is 2.78 bits per heavy atom. The van der Waals surface area contributed by atoms with Crippen LogP contribution in [0.3, 0.4) is 0 Å². The zero-order chi connectivity index (χ0) is 6.69. The van der Waals surface area contributed by atoms with Crippen molar-refractivity contribution in [2.24, 2.45) is 0 Å². The molecule has 4 nitrogen and oxygen atoms in total. The highest BCUT2D eigenvalue weighted by molar-refractivity contribution is 5.87. The number of ketones is 1. The molecule has 0 aromatic rings. The number of hydrogen-bond donors (Lipinski definition) is 2. The van der Waals surface area contributed by atoms with Gasteiger partial charge in [-0.2, -0.15) is 0 Å². The molecule has 1 aliphatic rings. The van der Waals surface area contributed by atoms with Gasteiger partial charge in [0.2, 0.25) is 5.91 Å². The third-order valence-corrected chi connectivity index (χ3v) is 1.14. The smallest absolute Gasteiger partial charge is 0.234 e. The van der Waals surface area contributed by atoms with Crippen LogP contribution in [0, 0.1) is 0 Å². The zero-order valence-corrected chi connectivity index (χ0v) is 4.94. The minimum absolute atomic E-state index is 0.0772. The van der Waals surface area contributed by atoms with Gasteiger partial charge in [-0.1, -0.05) is 0 Å². The van der Waals surface area contributed by atoms with Crippen LogP contribution in [0.15, 0.2) is 0 Å². The van der Waals surface area contributed by atoms with E-state index in [9.17, 15) is 9.59 Å². The maximum atomic E-state index is 10.6. The molecule has 0 aromatic heterocycles. The summed E-state index contributed by atoms with van der Waals surface area (Å²) in [6.45, 7) is 0.256. The average Bonchev–Trinajstić information content (AvgIpc) is 1.97. The Morgan fingerprint density at radius 1 is 1.22 bits per heavy atom. The summed E-state index contributed by atoms with van der Waals surface area (Å²) < 4.78 is 0. The van der Waals surface area contributed by atoms with E-state index >= 15 is 0 Å². The standard InChI is InChI=1S/C5H8N2O2/c8-4-1-2-5(9)7-6-3-4/h6H,1-3H2,(H,7,9). The predicted octanol–water partition coefficient (Wildman–Crippen LogP) is -1.03. The highest BCUT2D eigenvalue weighted by Gasteiger charge is 2.10. The molecule has 0 spiro atoms. The van der Waals surface area contributed by atoms with Crippen molar-refractivity contribution in [3.63, 3.8) is 0 Å². The van der Waals surface area contributed by atoms with Gasteiger partial charge in [-0.15, -0.1) is 0 Å². The van der Waals surface area contributed by atoms with E-state index in [-0.39, 0.29) is 18.2 Å². The van der Waals surface area contributed by atoms with Crippen LogP contribution >= 0.6 is 0 Å². The second-order valence-corrected chi connectivity index (χ2v) is 1.94. The first-order chi connectivity index (χ1) is 4.29. The van der Waals surface area contributed by atoms with Gasteiger partial charge in [0, 0.05) is 12.8 Å². The van der Waals surface area contributed by atoms with Crippen molar-refractivity contribution >= 4 is 11.7 Å². The molecule has 1 fully saturated rings. The third kappa shape index (κ3) is 1.81. The van der Waals surface area contributed by atoms with Crippen molar-refractivity contribution < 1.29 is 9.59 Å². The minimum atomic E-state index is -0.110. The summed E-state index contributed by atoms with van der Waals surface area (Å²) in [5.41, 5.74) is 4.86. The Balaban J connectivity index is 2.43. The Hall–Kier alpha value is -0.900. The molecule has 50 valence electrons. The summed E-state index contributed by atoms with van der Waals surface area (Å²) in [4.78, 5) is 21.1. The summed E-state index contributed by atoms with van der Waals surface area (Å²) in [6, 6.07) is 0. The molecule has 2 N–H and O–H groups in total. The summed E-state index contributed by atoms with van der Waals surface area (Å²) in [5.74, 6) is -0.0331. The quantitative estimate of drug-likeness (QED) is 0.438. The monoisotopic (exact) mass is 128 g/mol. The molecule has 9 heavy (non-hydrogen) atoms. The van der Waals surface area contributed by atoms with E-state index in [1.165, 1.54) is 0 Å². The lowest BCUT2D eigenvalue weighted by atomic mass is 10.2. The van der Waals surface area contributed by atoms with E-state index < -0.39 is 0 Å². The Kier molecular flexibility index (Phi) is 1.79. The molecule has 1 aliphatic heterocycles. The molecule has 1 rings (SSSR count). The SMILES string of the molecule is O=C1CCC(=O)NNC1. The third-order valence-electron chi connectivity index (χ3n) is 1.14. The van der Waals surface area contributed by atoms with E-state index in [0.717, 1.165) is 0 Å². The van der Waals surface area contributed by atoms with Crippen LogP contribution in [0.5, 0.6) is 0 Å². The number of carbonyl (C=O) groups excluding carboxylic acids is 2. The predicted molar refractivity (Wildman–Crippen MR) is 30.4 cm³/mol. The van der Waals surface area contributed by atoms with Gasteiger partial charge in [-0.05, 0) is 0 Å². The van der Waals surface area contributed by atoms with Crippen LogP contribution < -0.4 is 10.9 Å². The second-order valence-electron chi connectivity index (χ2n) is 1.94. The maximum Gasteiger partial charge on any atom is 0.234 e.